The third kappa shape index (κ3) is 3.13. The number of hydrogen-bond acceptors (Lipinski definition) is 3. The van der Waals surface area contributed by atoms with Crippen LogP contribution in [0.15, 0.2) is 4.47 Å². The normalized spacial score (nSPS) is 12.9. The van der Waals surface area contributed by atoms with Gasteiger partial charge in [-0.15, -0.1) is 0 Å². The highest BCUT2D eigenvalue weighted by atomic mass is 79.9. The molecular formula is C10H14BrClN2O. The molecule has 1 rings (SSSR count). The average molecular weight is 294 g/mol. The number of halogens is 2. The van der Waals surface area contributed by atoms with Crippen molar-refractivity contribution in [2.75, 3.05) is 13.7 Å². The minimum absolute atomic E-state index is 0.158. The van der Waals surface area contributed by atoms with E-state index in [-0.39, 0.29) is 5.92 Å². The van der Waals surface area contributed by atoms with Gasteiger partial charge < -0.3 is 4.74 Å². The first kappa shape index (κ1) is 12.9. The molecule has 1 aromatic heterocycles. The molecule has 5 heteroatoms. The van der Waals surface area contributed by atoms with Crippen molar-refractivity contribution in [2.24, 2.45) is 0 Å². The topological polar surface area (TPSA) is 35.0 Å². The highest BCUT2D eigenvalue weighted by molar-refractivity contribution is 9.10. The van der Waals surface area contributed by atoms with E-state index in [1.807, 2.05) is 13.8 Å². The van der Waals surface area contributed by atoms with E-state index in [1.165, 1.54) is 0 Å². The Bertz CT molecular complexity index is 346. The van der Waals surface area contributed by atoms with Crippen LogP contribution in [0.25, 0.3) is 0 Å². The molecule has 0 radical (unpaired) electrons. The Morgan fingerprint density at radius 2 is 2.13 bits per heavy atom. The summed E-state index contributed by atoms with van der Waals surface area (Å²) in [6.45, 7) is 4.65. The van der Waals surface area contributed by atoms with E-state index in [4.69, 9.17) is 16.3 Å². The van der Waals surface area contributed by atoms with Crippen molar-refractivity contribution < 1.29 is 4.74 Å². The summed E-state index contributed by atoms with van der Waals surface area (Å²) in [6, 6.07) is 0. The van der Waals surface area contributed by atoms with E-state index < -0.39 is 0 Å². The van der Waals surface area contributed by atoms with E-state index >= 15 is 0 Å². The van der Waals surface area contributed by atoms with Gasteiger partial charge in [-0.1, -0.05) is 25.4 Å². The van der Waals surface area contributed by atoms with Gasteiger partial charge in [-0.3, -0.25) is 0 Å². The minimum atomic E-state index is 0.158. The zero-order chi connectivity index (χ0) is 11.4. The van der Waals surface area contributed by atoms with Crippen LogP contribution < -0.4 is 0 Å². The number of ether oxygens (including phenoxy) is 1. The van der Waals surface area contributed by atoms with Gasteiger partial charge in [0.15, 0.2) is 0 Å². The highest BCUT2D eigenvalue weighted by Crippen LogP contribution is 2.25. The van der Waals surface area contributed by atoms with Crippen molar-refractivity contribution in [3.05, 3.63) is 21.1 Å². The summed E-state index contributed by atoms with van der Waals surface area (Å²) in [6.07, 6.45) is 0.829. The van der Waals surface area contributed by atoms with Crippen LogP contribution in [0.5, 0.6) is 0 Å². The number of aryl methyl sites for hydroxylation is 1. The fraction of sp³-hybridized carbons (Fsp3) is 0.600. The molecule has 0 aliphatic carbocycles. The molecule has 0 bridgehead atoms. The summed E-state index contributed by atoms with van der Waals surface area (Å²) < 4.78 is 5.86. The van der Waals surface area contributed by atoms with Gasteiger partial charge in [0.05, 0.1) is 16.8 Å². The predicted octanol–water partition coefficient (Wildman–Crippen LogP) is 3.20. The standard InChI is InChI=1S/C10H14BrClN2O/c1-4-7-8(11)9(12)14-10(13-7)6(2)5-15-3/h6H,4-5H2,1-3H3. The zero-order valence-electron chi connectivity index (χ0n) is 9.05. The molecule has 0 aromatic carbocycles. The highest BCUT2D eigenvalue weighted by Gasteiger charge is 2.14. The van der Waals surface area contributed by atoms with Crippen molar-refractivity contribution in [3.8, 4) is 0 Å². The van der Waals surface area contributed by atoms with Gasteiger partial charge in [0, 0.05) is 13.0 Å². The lowest BCUT2D eigenvalue weighted by atomic mass is 10.2. The van der Waals surface area contributed by atoms with Crippen molar-refractivity contribution in [1.29, 1.82) is 0 Å². The van der Waals surface area contributed by atoms with E-state index in [0.717, 1.165) is 22.4 Å². The van der Waals surface area contributed by atoms with Gasteiger partial charge >= 0.3 is 0 Å². The smallest absolute Gasteiger partial charge is 0.147 e. The van der Waals surface area contributed by atoms with E-state index in [1.54, 1.807) is 7.11 Å². The second-order valence-electron chi connectivity index (χ2n) is 3.34. The molecule has 1 atom stereocenters. The molecule has 0 fully saturated rings. The Kier molecular flexibility index (Phi) is 4.96. The van der Waals surface area contributed by atoms with Crippen LogP contribution in [0.1, 0.15) is 31.3 Å². The summed E-state index contributed by atoms with van der Waals surface area (Å²) in [5.41, 5.74) is 0.938. The van der Waals surface area contributed by atoms with Gasteiger partial charge in [-0.25, -0.2) is 9.97 Å². The van der Waals surface area contributed by atoms with Gasteiger partial charge in [-0.05, 0) is 22.4 Å². The fourth-order valence-corrected chi connectivity index (χ4v) is 1.91. The van der Waals surface area contributed by atoms with Crippen LogP contribution in [0.4, 0.5) is 0 Å². The van der Waals surface area contributed by atoms with Crippen molar-refractivity contribution >= 4 is 27.5 Å². The first-order valence-electron chi connectivity index (χ1n) is 4.80. The lowest BCUT2D eigenvalue weighted by Crippen LogP contribution is -2.09. The molecule has 0 saturated heterocycles. The Morgan fingerprint density at radius 3 is 2.67 bits per heavy atom. The Labute approximate surface area is 103 Å². The Morgan fingerprint density at radius 1 is 1.47 bits per heavy atom. The molecule has 0 N–H and O–H groups in total. The van der Waals surface area contributed by atoms with Gasteiger partial charge in [0.2, 0.25) is 0 Å². The van der Waals surface area contributed by atoms with E-state index in [0.29, 0.717) is 11.8 Å². The average Bonchev–Trinajstić information content (AvgIpc) is 2.22. The maximum atomic E-state index is 6.00. The second kappa shape index (κ2) is 5.77. The quantitative estimate of drug-likeness (QED) is 0.800. The monoisotopic (exact) mass is 292 g/mol. The summed E-state index contributed by atoms with van der Waals surface area (Å²) in [5.74, 6) is 0.896. The zero-order valence-corrected chi connectivity index (χ0v) is 11.4. The molecule has 1 aromatic rings. The molecule has 1 heterocycles. The third-order valence-corrected chi connectivity index (χ3v) is 3.42. The number of methoxy groups -OCH3 is 1. The van der Waals surface area contributed by atoms with Crippen LogP contribution in [-0.2, 0) is 11.2 Å². The van der Waals surface area contributed by atoms with Gasteiger partial charge in [0.1, 0.15) is 11.0 Å². The molecule has 3 nitrogen and oxygen atoms in total. The van der Waals surface area contributed by atoms with Crippen LogP contribution in [-0.4, -0.2) is 23.7 Å². The molecule has 84 valence electrons. The summed E-state index contributed by atoms with van der Waals surface area (Å²) in [4.78, 5) is 8.68. The molecule has 0 spiro atoms. The van der Waals surface area contributed by atoms with Gasteiger partial charge in [0.25, 0.3) is 0 Å². The third-order valence-electron chi connectivity index (χ3n) is 2.09. The van der Waals surface area contributed by atoms with Crippen molar-refractivity contribution in [2.45, 2.75) is 26.2 Å². The summed E-state index contributed by atoms with van der Waals surface area (Å²) >= 11 is 9.38. The number of hydrogen-bond donors (Lipinski definition) is 0. The lowest BCUT2D eigenvalue weighted by molar-refractivity contribution is 0.181. The number of nitrogens with zero attached hydrogens (tertiary/aromatic N) is 2. The first-order valence-corrected chi connectivity index (χ1v) is 5.98. The maximum absolute atomic E-state index is 6.00. The van der Waals surface area contributed by atoms with E-state index in [2.05, 4.69) is 25.9 Å². The van der Waals surface area contributed by atoms with Crippen LogP contribution in [0, 0.1) is 0 Å². The maximum Gasteiger partial charge on any atom is 0.147 e. The SMILES string of the molecule is CCc1nc(C(C)COC)nc(Cl)c1Br. The molecule has 0 aliphatic heterocycles. The first-order chi connectivity index (χ1) is 7.10. The lowest BCUT2D eigenvalue weighted by Gasteiger charge is -2.11. The molecule has 0 aliphatic rings. The molecular weight excluding hydrogens is 279 g/mol. The van der Waals surface area contributed by atoms with E-state index in [9.17, 15) is 0 Å². The predicted molar refractivity (Wildman–Crippen MR) is 64.4 cm³/mol. The molecule has 15 heavy (non-hydrogen) atoms. The van der Waals surface area contributed by atoms with Crippen LogP contribution in [0.2, 0.25) is 5.15 Å². The van der Waals surface area contributed by atoms with Crippen molar-refractivity contribution in [1.82, 2.24) is 9.97 Å². The number of aromatic nitrogens is 2. The largest absolute Gasteiger partial charge is 0.384 e. The Hall–Kier alpha value is -0.190. The minimum Gasteiger partial charge on any atom is -0.384 e. The summed E-state index contributed by atoms with van der Waals surface area (Å²) in [7, 11) is 1.66. The number of rotatable bonds is 4. The summed E-state index contributed by atoms with van der Waals surface area (Å²) in [5, 5.41) is 0.472. The molecule has 0 amide bonds. The Balaban J connectivity index is 3.05. The van der Waals surface area contributed by atoms with Crippen LogP contribution >= 0.6 is 27.5 Å². The van der Waals surface area contributed by atoms with Crippen LogP contribution in [0.3, 0.4) is 0 Å². The van der Waals surface area contributed by atoms with Crippen molar-refractivity contribution in [3.63, 3.8) is 0 Å². The molecule has 1 unspecified atom stereocenters. The van der Waals surface area contributed by atoms with Gasteiger partial charge in [-0.2, -0.15) is 0 Å². The second-order valence-corrected chi connectivity index (χ2v) is 4.49. The fourth-order valence-electron chi connectivity index (χ4n) is 1.26. The molecule has 0 saturated carbocycles.